The zero-order valence-electron chi connectivity index (χ0n) is 21.1. The van der Waals surface area contributed by atoms with E-state index in [-0.39, 0.29) is 50.1 Å². The van der Waals surface area contributed by atoms with Crippen molar-refractivity contribution in [2.45, 2.75) is 19.6 Å². The molecular weight excluding hydrogens is 498 g/mol. The Morgan fingerprint density at radius 1 is 1.00 bits per heavy atom. The van der Waals surface area contributed by atoms with E-state index in [0.717, 1.165) is 28.0 Å². The number of aliphatic hydroxyl groups excluding tert-OH is 1. The molecule has 2 aromatic heterocycles. The average molecular weight is 528 g/mol. The minimum Gasteiger partial charge on any atom is -0.490 e. The molecule has 2 heterocycles. The summed E-state index contributed by atoms with van der Waals surface area (Å²) >= 11 is 6.03. The van der Waals surface area contributed by atoms with Gasteiger partial charge in [-0.15, -0.1) is 0 Å². The van der Waals surface area contributed by atoms with Gasteiger partial charge in [0.2, 0.25) is 0 Å². The average Bonchev–Trinajstić information content (AvgIpc) is 3.22. The number of ether oxygens (including phenoxy) is 2. The van der Waals surface area contributed by atoms with E-state index in [1.165, 1.54) is 11.6 Å². The molecule has 11 heteroatoms. The number of nitrogens with zero attached hydrogens (tertiary/aromatic N) is 5. The lowest BCUT2D eigenvalue weighted by Gasteiger charge is -2.13. The summed E-state index contributed by atoms with van der Waals surface area (Å²) in [6, 6.07) is 15.2. The molecule has 0 aliphatic carbocycles. The molecule has 0 fully saturated rings. The molecular formula is C26H30ClN5O5. The van der Waals surface area contributed by atoms with E-state index in [1.54, 1.807) is 16.7 Å². The third kappa shape index (κ3) is 6.04. The van der Waals surface area contributed by atoms with Crippen LogP contribution in [0.2, 0.25) is 5.02 Å². The highest BCUT2D eigenvalue weighted by Gasteiger charge is 2.21. The normalized spacial score (nSPS) is 11.4. The molecule has 0 radical (unpaired) electrons. The molecule has 0 saturated heterocycles. The Balaban J connectivity index is 1.62. The molecule has 196 valence electrons. The highest BCUT2D eigenvalue weighted by molar-refractivity contribution is 6.30. The Morgan fingerprint density at radius 3 is 2.43 bits per heavy atom. The van der Waals surface area contributed by atoms with Gasteiger partial charge in [0.15, 0.2) is 11.2 Å². The number of hydrogen-bond acceptors (Lipinski definition) is 7. The van der Waals surface area contributed by atoms with Crippen molar-refractivity contribution in [1.82, 2.24) is 23.6 Å². The standard InChI is InChI=1S/C26H30ClN5O5/c1-29(2)16-19-5-4-6-21(15-19)36-13-14-37-25-28-23-22(24(34)31(11-12-33)26(35)30(23)3)32(25)17-18-7-9-20(27)10-8-18/h4-10,15,33H,11-14,16-17H2,1-3H3. The van der Waals surface area contributed by atoms with Gasteiger partial charge < -0.3 is 19.5 Å². The number of aromatic nitrogens is 4. The van der Waals surface area contributed by atoms with Crippen LogP contribution in [0.4, 0.5) is 0 Å². The predicted molar refractivity (Wildman–Crippen MR) is 142 cm³/mol. The van der Waals surface area contributed by atoms with Crippen LogP contribution in [0.3, 0.4) is 0 Å². The smallest absolute Gasteiger partial charge is 0.332 e. The van der Waals surface area contributed by atoms with Gasteiger partial charge in [0, 0.05) is 18.6 Å². The number of aryl methyl sites for hydroxylation is 1. The summed E-state index contributed by atoms with van der Waals surface area (Å²) in [7, 11) is 5.54. The fourth-order valence-corrected chi connectivity index (χ4v) is 4.20. The topological polar surface area (TPSA) is 104 Å². The van der Waals surface area contributed by atoms with Crippen molar-refractivity contribution in [3.8, 4) is 11.8 Å². The SMILES string of the molecule is CN(C)Cc1cccc(OCCOc2nc3c(c(=O)n(CCO)c(=O)n3C)n2Cc2ccc(Cl)cc2)c1. The van der Waals surface area contributed by atoms with Crippen molar-refractivity contribution in [1.29, 1.82) is 0 Å². The molecule has 0 atom stereocenters. The Kier molecular flexibility index (Phi) is 8.32. The van der Waals surface area contributed by atoms with E-state index >= 15 is 0 Å². The zero-order valence-corrected chi connectivity index (χ0v) is 21.8. The second kappa shape index (κ2) is 11.6. The van der Waals surface area contributed by atoms with Gasteiger partial charge >= 0.3 is 5.69 Å². The van der Waals surface area contributed by atoms with Crippen molar-refractivity contribution >= 4 is 22.8 Å². The van der Waals surface area contributed by atoms with Gasteiger partial charge in [-0.3, -0.25) is 18.5 Å². The molecule has 0 saturated carbocycles. The first kappa shape index (κ1) is 26.5. The molecule has 0 bridgehead atoms. The van der Waals surface area contributed by atoms with Gasteiger partial charge in [0.25, 0.3) is 11.6 Å². The maximum Gasteiger partial charge on any atom is 0.332 e. The van der Waals surface area contributed by atoms with Gasteiger partial charge in [0.1, 0.15) is 19.0 Å². The molecule has 0 aliphatic heterocycles. The van der Waals surface area contributed by atoms with Crippen LogP contribution in [0.15, 0.2) is 58.1 Å². The van der Waals surface area contributed by atoms with E-state index in [2.05, 4.69) is 9.88 Å². The van der Waals surface area contributed by atoms with Gasteiger partial charge in [-0.05, 0) is 49.5 Å². The molecule has 4 rings (SSSR count). The van der Waals surface area contributed by atoms with E-state index in [9.17, 15) is 14.7 Å². The molecule has 10 nitrogen and oxygen atoms in total. The highest BCUT2D eigenvalue weighted by Crippen LogP contribution is 2.21. The molecule has 4 aromatic rings. The first-order valence-corrected chi connectivity index (χ1v) is 12.2. The maximum atomic E-state index is 13.3. The molecule has 0 amide bonds. The predicted octanol–water partition coefficient (Wildman–Crippen LogP) is 2.11. The van der Waals surface area contributed by atoms with Crippen LogP contribution >= 0.6 is 11.6 Å². The van der Waals surface area contributed by atoms with Crippen molar-refractivity contribution in [3.63, 3.8) is 0 Å². The number of fused-ring (bicyclic) bond motifs is 1. The van der Waals surface area contributed by atoms with E-state index < -0.39 is 11.2 Å². The van der Waals surface area contributed by atoms with E-state index in [1.807, 2.05) is 50.5 Å². The van der Waals surface area contributed by atoms with Crippen LogP contribution in [0.5, 0.6) is 11.8 Å². The number of imidazole rings is 1. The Bertz CT molecular complexity index is 1490. The zero-order chi connectivity index (χ0) is 26.5. The third-order valence-electron chi connectivity index (χ3n) is 5.76. The molecule has 0 unspecified atom stereocenters. The number of halogens is 1. The number of rotatable bonds is 11. The van der Waals surface area contributed by atoms with Crippen molar-refractivity contribution in [3.05, 3.63) is 85.5 Å². The fraction of sp³-hybridized carbons (Fsp3) is 0.346. The fourth-order valence-electron chi connectivity index (χ4n) is 4.07. The quantitative estimate of drug-likeness (QED) is 0.298. The van der Waals surface area contributed by atoms with Crippen LogP contribution in [0, 0.1) is 0 Å². The lowest BCUT2D eigenvalue weighted by atomic mass is 10.2. The summed E-state index contributed by atoms with van der Waals surface area (Å²) < 4.78 is 15.7. The summed E-state index contributed by atoms with van der Waals surface area (Å²) in [6.07, 6.45) is 0. The summed E-state index contributed by atoms with van der Waals surface area (Å²) in [4.78, 5) is 32.5. The van der Waals surface area contributed by atoms with Crippen LogP contribution < -0.4 is 20.7 Å². The highest BCUT2D eigenvalue weighted by atomic mass is 35.5. The second-order valence-corrected chi connectivity index (χ2v) is 9.32. The van der Waals surface area contributed by atoms with Crippen LogP contribution in [0.25, 0.3) is 11.2 Å². The van der Waals surface area contributed by atoms with Crippen LogP contribution in [-0.2, 0) is 26.7 Å². The first-order chi connectivity index (χ1) is 17.8. The monoisotopic (exact) mass is 527 g/mol. The Labute approximate surface area is 218 Å². The van der Waals surface area contributed by atoms with Crippen LogP contribution in [-0.4, -0.2) is 62.6 Å². The lowest BCUT2D eigenvalue weighted by Crippen LogP contribution is -2.40. The second-order valence-electron chi connectivity index (χ2n) is 8.88. The number of aliphatic hydroxyl groups is 1. The molecule has 0 spiro atoms. The molecule has 2 aromatic carbocycles. The van der Waals surface area contributed by atoms with Crippen LogP contribution in [0.1, 0.15) is 11.1 Å². The molecule has 1 N–H and O–H groups in total. The van der Waals surface area contributed by atoms with Crippen molar-refractivity contribution in [2.75, 3.05) is 33.9 Å². The summed E-state index contributed by atoms with van der Waals surface area (Å²) in [6.45, 7) is 1.02. The van der Waals surface area contributed by atoms with Gasteiger partial charge in [-0.2, -0.15) is 4.98 Å². The lowest BCUT2D eigenvalue weighted by molar-refractivity contribution is 0.201. The summed E-state index contributed by atoms with van der Waals surface area (Å²) in [5.41, 5.74) is 1.30. The van der Waals surface area contributed by atoms with Crippen molar-refractivity contribution < 1.29 is 14.6 Å². The first-order valence-electron chi connectivity index (χ1n) is 11.8. The third-order valence-corrected chi connectivity index (χ3v) is 6.01. The van der Waals surface area contributed by atoms with Crippen molar-refractivity contribution in [2.24, 2.45) is 7.05 Å². The summed E-state index contributed by atoms with van der Waals surface area (Å²) in [5, 5.41) is 9.97. The van der Waals surface area contributed by atoms with E-state index in [0.29, 0.717) is 5.02 Å². The number of hydrogen-bond donors (Lipinski definition) is 1. The molecule has 37 heavy (non-hydrogen) atoms. The van der Waals surface area contributed by atoms with Gasteiger partial charge in [-0.1, -0.05) is 35.9 Å². The minimum absolute atomic E-state index is 0.121. The van der Waals surface area contributed by atoms with E-state index in [4.69, 9.17) is 21.1 Å². The maximum absolute atomic E-state index is 13.3. The van der Waals surface area contributed by atoms with Gasteiger partial charge in [0.05, 0.1) is 19.7 Å². The Hall–Kier alpha value is -3.60. The number of benzene rings is 2. The summed E-state index contributed by atoms with van der Waals surface area (Å²) in [5.74, 6) is 0.729. The largest absolute Gasteiger partial charge is 0.490 e. The minimum atomic E-state index is -0.560. The Morgan fingerprint density at radius 2 is 1.73 bits per heavy atom. The van der Waals surface area contributed by atoms with Gasteiger partial charge in [-0.25, -0.2) is 4.79 Å². The molecule has 0 aliphatic rings.